The van der Waals surface area contributed by atoms with E-state index in [1.165, 1.54) is 5.56 Å². The largest absolute Gasteiger partial charge is 0.352 e. The van der Waals surface area contributed by atoms with Gasteiger partial charge in [-0.2, -0.15) is 0 Å². The van der Waals surface area contributed by atoms with Gasteiger partial charge in [0, 0.05) is 19.0 Å². The van der Waals surface area contributed by atoms with Gasteiger partial charge in [0.15, 0.2) is 0 Å². The summed E-state index contributed by atoms with van der Waals surface area (Å²) in [7, 11) is 0. The molecule has 162 valence electrons. The molecule has 30 heavy (non-hydrogen) atoms. The Labute approximate surface area is 181 Å². The van der Waals surface area contributed by atoms with Gasteiger partial charge in [0.25, 0.3) is 0 Å². The van der Waals surface area contributed by atoms with Crippen LogP contribution in [0, 0.1) is 13.8 Å². The molecule has 0 saturated heterocycles. The van der Waals surface area contributed by atoms with Crippen molar-refractivity contribution in [3.63, 3.8) is 0 Å². The molecule has 2 atom stereocenters. The van der Waals surface area contributed by atoms with Crippen molar-refractivity contribution < 1.29 is 9.59 Å². The topological polar surface area (TPSA) is 49.4 Å². The number of benzene rings is 2. The number of rotatable bonds is 10. The predicted octanol–water partition coefficient (Wildman–Crippen LogP) is 4.96. The molecule has 0 spiro atoms. The second kappa shape index (κ2) is 11.5. The van der Waals surface area contributed by atoms with Crippen LogP contribution in [0.1, 0.15) is 62.3 Å². The van der Waals surface area contributed by atoms with E-state index in [0.29, 0.717) is 25.8 Å². The summed E-state index contributed by atoms with van der Waals surface area (Å²) in [5.74, 6) is -0.0471. The molecule has 0 heterocycles. The van der Waals surface area contributed by atoms with Crippen molar-refractivity contribution in [1.82, 2.24) is 10.2 Å². The van der Waals surface area contributed by atoms with E-state index in [1.54, 1.807) is 4.90 Å². The van der Waals surface area contributed by atoms with E-state index >= 15 is 0 Å². The summed E-state index contributed by atoms with van der Waals surface area (Å²) in [6.07, 6.45) is 2.51. The Bertz CT molecular complexity index is 829. The number of amides is 2. The standard InChI is InChI=1S/C26H36N2O2/c1-6-21(5)27-26(30)24(7-2)28(18-23-11-9-8-10-20(23)4)25(29)17-16-22-14-12-19(3)13-15-22/h8-15,21,24H,6-7,16-18H2,1-5H3,(H,27,30)/t21-,24-/m0/s1. The Morgan fingerprint density at radius 3 is 2.23 bits per heavy atom. The fourth-order valence-corrected chi connectivity index (χ4v) is 3.48. The molecule has 2 aromatic rings. The molecule has 2 aromatic carbocycles. The Morgan fingerprint density at radius 2 is 1.63 bits per heavy atom. The van der Waals surface area contributed by atoms with E-state index in [1.807, 2.05) is 52.0 Å². The van der Waals surface area contributed by atoms with Crippen LogP contribution in [0.2, 0.25) is 0 Å². The van der Waals surface area contributed by atoms with Gasteiger partial charge in [-0.3, -0.25) is 9.59 Å². The fraction of sp³-hybridized carbons (Fsp3) is 0.462. The van der Waals surface area contributed by atoms with Gasteiger partial charge < -0.3 is 10.2 Å². The molecule has 2 amide bonds. The molecule has 0 radical (unpaired) electrons. The smallest absolute Gasteiger partial charge is 0.243 e. The van der Waals surface area contributed by atoms with Crippen molar-refractivity contribution in [2.75, 3.05) is 0 Å². The van der Waals surface area contributed by atoms with Crippen LogP contribution in [-0.2, 0) is 22.6 Å². The number of hydrogen-bond acceptors (Lipinski definition) is 2. The molecule has 0 saturated carbocycles. The number of nitrogens with one attached hydrogen (secondary N) is 1. The average molecular weight is 409 g/mol. The molecule has 0 unspecified atom stereocenters. The zero-order valence-electron chi connectivity index (χ0n) is 19.1. The van der Waals surface area contributed by atoms with E-state index in [0.717, 1.165) is 23.1 Å². The highest BCUT2D eigenvalue weighted by atomic mass is 16.2. The van der Waals surface area contributed by atoms with Crippen LogP contribution in [0.25, 0.3) is 0 Å². The van der Waals surface area contributed by atoms with Gasteiger partial charge in [0.05, 0.1) is 0 Å². The predicted molar refractivity (Wildman–Crippen MR) is 123 cm³/mol. The minimum Gasteiger partial charge on any atom is -0.352 e. The van der Waals surface area contributed by atoms with Crippen LogP contribution in [0.4, 0.5) is 0 Å². The van der Waals surface area contributed by atoms with Crippen molar-refractivity contribution in [3.8, 4) is 0 Å². The monoisotopic (exact) mass is 408 g/mol. The molecule has 0 aliphatic heterocycles. The first-order valence-corrected chi connectivity index (χ1v) is 11.1. The molecule has 0 aliphatic carbocycles. The third-order valence-corrected chi connectivity index (χ3v) is 5.74. The highest BCUT2D eigenvalue weighted by molar-refractivity contribution is 5.88. The third kappa shape index (κ3) is 6.72. The van der Waals surface area contributed by atoms with E-state index < -0.39 is 6.04 Å². The lowest BCUT2D eigenvalue weighted by Gasteiger charge is -2.32. The molecule has 0 fully saturated rings. The Balaban J connectivity index is 2.21. The van der Waals surface area contributed by atoms with Crippen molar-refractivity contribution in [2.24, 2.45) is 0 Å². The Morgan fingerprint density at radius 1 is 0.967 bits per heavy atom. The molecule has 0 bridgehead atoms. The summed E-state index contributed by atoms with van der Waals surface area (Å²) in [5, 5.41) is 3.06. The van der Waals surface area contributed by atoms with Crippen LogP contribution in [0.15, 0.2) is 48.5 Å². The number of carbonyl (C=O) groups is 2. The molecule has 4 nitrogen and oxygen atoms in total. The maximum atomic E-state index is 13.3. The first-order chi connectivity index (χ1) is 14.3. The maximum absolute atomic E-state index is 13.3. The fourth-order valence-electron chi connectivity index (χ4n) is 3.48. The van der Waals surface area contributed by atoms with E-state index in [2.05, 4.69) is 36.5 Å². The molecular weight excluding hydrogens is 372 g/mol. The van der Waals surface area contributed by atoms with Crippen LogP contribution in [0.5, 0.6) is 0 Å². The van der Waals surface area contributed by atoms with Gasteiger partial charge >= 0.3 is 0 Å². The number of aryl methyl sites for hydroxylation is 3. The van der Waals surface area contributed by atoms with Crippen LogP contribution in [0.3, 0.4) is 0 Å². The average Bonchev–Trinajstić information content (AvgIpc) is 2.74. The van der Waals surface area contributed by atoms with E-state index in [9.17, 15) is 9.59 Å². The second-order valence-corrected chi connectivity index (χ2v) is 8.18. The van der Waals surface area contributed by atoms with Crippen molar-refractivity contribution in [3.05, 3.63) is 70.8 Å². The van der Waals surface area contributed by atoms with Crippen LogP contribution < -0.4 is 5.32 Å². The summed E-state index contributed by atoms with van der Waals surface area (Å²) in [6.45, 7) is 10.6. The summed E-state index contributed by atoms with van der Waals surface area (Å²) >= 11 is 0. The molecule has 2 rings (SSSR count). The van der Waals surface area contributed by atoms with Crippen LogP contribution in [-0.4, -0.2) is 28.8 Å². The van der Waals surface area contributed by atoms with Crippen LogP contribution >= 0.6 is 0 Å². The number of carbonyl (C=O) groups excluding carboxylic acids is 2. The molecular formula is C26H36N2O2. The zero-order chi connectivity index (χ0) is 22.1. The van der Waals surface area contributed by atoms with E-state index in [4.69, 9.17) is 0 Å². The normalized spacial score (nSPS) is 12.8. The summed E-state index contributed by atoms with van der Waals surface area (Å²) in [5.41, 5.74) is 4.56. The lowest BCUT2D eigenvalue weighted by molar-refractivity contribution is -0.141. The third-order valence-electron chi connectivity index (χ3n) is 5.74. The Kier molecular flexibility index (Phi) is 9.10. The summed E-state index contributed by atoms with van der Waals surface area (Å²) < 4.78 is 0. The van der Waals surface area contributed by atoms with Gasteiger partial charge in [-0.1, -0.05) is 67.9 Å². The Hall–Kier alpha value is -2.62. The second-order valence-electron chi connectivity index (χ2n) is 8.18. The van der Waals surface area contributed by atoms with Gasteiger partial charge in [0.2, 0.25) is 11.8 Å². The molecule has 0 aliphatic rings. The highest BCUT2D eigenvalue weighted by Crippen LogP contribution is 2.18. The summed E-state index contributed by atoms with van der Waals surface area (Å²) in [4.78, 5) is 28.0. The number of nitrogens with zero attached hydrogens (tertiary/aromatic N) is 1. The highest BCUT2D eigenvalue weighted by Gasteiger charge is 2.29. The maximum Gasteiger partial charge on any atom is 0.243 e. The number of hydrogen-bond donors (Lipinski definition) is 1. The van der Waals surface area contributed by atoms with Crippen molar-refractivity contribution >= 4 is 11.8 Å². The molecule has 4 heteroatoms. The first-order valence-electron chi connectivity index (χ1n) is 11.1. The SMILES string of the molecule is CC[C@H](C)NC(=O)[C@H](CC)N(Cc1ccccc1C)C(=O)CCc1ccc(C)cc1. The lowest BCUT2D eigenvalue weighted by Crippen LogP contribution is -2.50. The zero-order valence-corrected chi connectivity index (χ0v) is 19.1. The van der Waals surface area contributed by atoms with Gasteiger partial charge in [0.1, 0.15) is 6.04 Å². The van der Waals surface area contributed by atoms with Gasteiger partial charge in [-0.05, 0) is 56.7 Å². The minimum absolute atomic E-state index is 0.0185. The molecule has 0 aromatic heterocycles. The van der Waals surface area contributed by atoms with E-state index in [-0.39, 0.29) is 17.9 Å². The molecule has 1 N–H and O–H groups in total. The van der Waals surface area contributed by atoms with Gasteiger partial charge in [-0.25, -0.2) is 0 Å². The van der Waals surface area contributed by atoms with Crippen molar-refractivity contribution in [1.29, 1.82) is 0 Å². The van der Waals surface area contributed by atoms with Crippen molar-refractivity contribution in [2.45, 2.75) is 78.9 Å². The first kappa shape index (κ1) is 23.7. The quantitative estimate of drug-likeness (QED) is 0.604. The minimum atomic E-state index is -0.468. The summed E-state index contributed by atoms with van der Waals surface area (Å²) in [6, 6.07) is 16.0. The van der Waals surface area contributed by atoms with Gasteiger partial charge in [-0.15, -0.1) is 0 Å². The lowest BCUT2D eigenvalue weighted by atomic mass is 10.0.